The van der Waals surface area contributed by atoms with Crippen LogP contribution in [0.4, 0.5) is 5.69 Å². The molecular formula is C10H14BrN3O3S. The number of nitrogens with one attached hydrogen (secondary N) is 2. The van der Waals surface area contributed by atoms with Crippen molar-refractivity contribution in [3.8, 4) is 0 Å². The summed E-state index contributed by atoms with van der Waals surface area (Å²) in [7, 11) is -2.33. The number of nitrogen functional groups attached to an aromatic ring is 1. The van der Waals surface area contributed by atoms with Crippen molar-refractivity contribution in [2.75, 3.05) is 12.8 Å². The first-order valence-corrected chi connectivity index (χ1v) is 7.34. The Morgan fingerprint density at radius 2 is 2.06 bits per heavy atom. The highest BCUT2D eigenvalue weighted by Crippen LogP contribution is 2.22. The lowest BCUT2D eigenvalue weighted by Gasteiger charge is -2.13. The summed E-state index contributed by atoms with van der Waals surface area (Å²) in [6.07, 6.45) is 0. The number of carbonyl (C=O) groups is 1. The molecule has 0 radical (unpaired) electrons. The van der Waals surface area contributed by atoms with E-state index in [0.29, 0.717) is 10.2 Å². The predicted molar refractivity (Wildman–Crippen MR) is 72.4 cm³/mol. The van der Waals surface area contributed by atoms with Gasteiger partial charge in [-0.25, -0.2) is 8.42 Å². The zero-order valence-electron chi connectivity index (χ0n) is 9.90. The van der Waals surface area contributed by atoms with Crippen molar-refractivity contribution in [2.45, 2.75) is 17.9 Å². The molecule has 0 aromatic heterocycles. The predicted octanol–water partition coefficient (Wildman–Crippen LogP) is 0.444. The van der Waals surface area contributed by atoms with Gasteiger partial charge in [0.05, 0.1) is 10.9 Å². The Balaban J connectivity index is 3.00. The molecule has 18 heavy (non-hydrogen) atoms. The Morgan fingerprint density at radius 3 is 2.56 bits per heavy atom. The Bertz CT molecular complexity index is 559. The summed E-state index contributed by atoms with van der Waals surface area (Å²) in [6, 6.07) is 3.40. The van der Waals surface area contributed by atoms with Crippen LogP contribution in [0, 0.1) is 0 Å². The van der Waals surface area contributed by atoms with E-state index in [-0.39, 0.29) is 4.90 Å². The molecular weight excluding hydrogens is 322 g/mol. The largest absolute Gasteiger partial charge is 0.398 e. The van der Waals surface area contributed by atoms with Crippen LogP contribution in [0.1, 0.15) is 6.92 Å². The van der Waals surface area contributed by atoms with E-state index in [1.54, 1.807) is 0 Å². The van der Waals surface area contributed by atoms with Crippen LogP contribution < -0.4 is 15.8 Å². The summed E-state index contributed by atoms with van der Waals surface area (Å²) in [5.74, 6) is -0.413. The van der Waals surface area contributed by atoms with Gasteiger partial charge in [0.1, 0.15) is 0 Å². The lowest BCUT2D eigenvalue weighted by molar-refractivity contribution is -0.121. The van der Waals surface area contributed by atoms with Gasteiger partial charge in [-0.15, -0.1) is 0 Å². The summed E-state index contributed by atoms with van der Waals surface area (Å²) in [5, 5.41) is 2.36. The van der Waals surface area contributed by atoms with Gasteiger partial charge in [-0.3, -0.25) is 4.79 Å². The smallest absolute Gasteiger partial charge is 0.241 e. The molecule has 0 fully saturated rings. The first-order chi connectivity index (χ1) is 8.27. The molecule has 0 saturated carbocycles. The first-order valence-electron chi connectivity index (χ1n) is 5.07. The normalized spacial score (nSPS) is 13.1. The third kappa shape index (κ3) is 3.44. The average Bonchev–Trinajstić information content (AvgIpc) is 2.30. The van der Waals surface area contributed by atoms with Crippen molar-refractivity contribution in [3.05, 3.63) is 22.7 Å². The van der Waals surface area contributed by atoms with Gasteiger partial charge in [-0.05, 0) is 41.1 Å². The van der Waals surface area contributed by atoms with E-state index in [9.17, 15) is 13.2 Å². The van der Waals surface area contributed by atoms with Crippen LogP contribution >= 0.6 is 15.9 Å². The Morgan fingerprint density at radius 1 is 1.44 bits per heavy atom. The zero-order chi connectivity index (χ0) is 13.9. The van der Waals surface area contributed by atoms with Crippen LogP contribution in [-0.2, 0) is 14.8 Å². The fourth-order valence-electron chi connectivity index (χ4n) is 1.26. The van der Waals surface area contributed by atoms with E-state index < -0.39 is 22.0 Å². The number of hydrogen-bond acceptors (Lipinski definition) is 4. The molecule has 0 aliphatic rings. The minimum absolute atomic E-state index is 0.0129. The number of nitrogens with two attached hydrogens (primary N) is 1. The van der Waals surface area contributed by atoms with Gasteiger partial charge in [0.2, 0.25) is 15.9 Å². The number of benzene rings is 1. The second-order valence-electron chi connectivity index (χ2n) is 3.64. The van der Waals surface area contributed by atoms with Gasteiger partial charge in [0.25, 0.3) is 0 Å². The van der Waals surface area contributed by atoms with Crippen LogP contribution in [-0.4, -0.2) is 27.4 Å². The van der Waals surface area contributed by atoms with E-state index in [1.807, 2.05) is 0 Å². The standard InChI is InChI=1S/C10H14BrN3O3S/c1-6(10(15)13-2)14-18(16,17)7-3-4-8(11)9(12)5-7/h3-6,14H,12H2,1-2H3,(H,13,15). The molecule has 0 saturated heterocycles. The van der Waals surface area contributed by atoms with Crippen molar-refractivity contribution in [1.29, 1.82) is 0 Å². The average molecular weight is 336 g/mol. The maximum Gasteiger partial charge on any atom is 0.241 e. The lowest BCUT2D eigenvalue weighted by atomic mass is 10.3. The van der Waals surface area contributed by atoms with Crippen molar-refractivity contribution in [1.82, 2.24) is 10.0 Å². The molecule has 0 aliphatic carbocycles. The maximum absolute atomic E-state index is 12.0. The molecule has 6 nitrogen and oxygen atoms in total. The molecule has 1 unspecified atom stereocenters. The number of likely N-dealkylation sites (N-methyl/N-ethyl adjacent to an activating group) is 1. The van der Waals surface area contributed by atoms with Crippen LogP contribution in [0.2, 0.25) is 0 Å². The molecule has 100 valence electrons. The number of amides is 1. The fourth-order valence-corrected chi connectivity index (χ4v) is 2.74. The number of rotatable bonds is 4. The van der Waals surface area contributed by atoms with Crippen LogP contribution in [0.15, 0.2) is 27.6 Å². The van der Waals surface area contributed by atoms with Gasteiger partial charge in [0, 0.05) is 17.2 Å². The van der Waals surface area contributed by atoms with Crippen LogP contribution in [0.25, 0.3) is 0 Å². The van der Waals surface area contributed by atoms with Gasteiger partial charge < -0.3 is 11.1 Å². The highest BCUT2D eigenvalue weighted by molar-refractivity contribution is 9.10. The molecule has 0 aliphatic heterocycles. The third-order valence-electron chi connectivity index (χ3n) is 2.25. The van der Waals surface area contributed by atoms with Gasteiger partial charge in [0.15, 0.2) is 0 Å². The van der Waals surface area contributed by atoms with Gasteiger partial charge in [-0.1, -0.05) is 0 Å². The number of hydrogen-bond donors (Lipinski definition) is 3. The van der Waals surface area contributed by atoms with Crippen molar-refractivity contribution in [3.63, 3.8) is 0 Å². The number of anilines is 1. The third-order valence-corrected chi connectivity index (χ3v) is 4.51. The molecule has 4 N–H and O–H groups in total. The topological polar surface area (TPSA) is 101 Å². The second-order valence-corrected chi connectivity index (χ2v) is 6.21. The highest BCUT2D eigenvalue weighted by Gasteiger charge is 2.21. The van der Waals surface area contributed by atoms with Gasteiger partial charge in [-0.2, -0.15) is 4.72 Å². The van der Waals surface area contributed by atoms with E-state index in [4.69, 9.17) is 5.73 Å². The quantitative estimate of drug-likeness (QED) is 0.695. The summed E-state index contributed by atoms with van der Waals surface area (Å²) in [5.41, 5.74) is 5.93. The van der Waals surface area contributed by atoms with E-state index >= 15 is 0 Å². The minimum atomic E-state index is -3.77. The summed E-state index contributed by atoms with van der Waals surface area (Å²) < 4.78 is 26.8. The Kier molecular flexibility index (Phi) is 4.71. The van der Waals surface area contributed by atoms with E-state index in [1.165, 1.54) is 32.2 Å². The Hall–Kier alpha value is -1.12. The van der Waals surface area contributed by atoms with Crippen molar-refractivity contribution < 1.29 is 13.2 Å². The SMILES string of the molecule is CNC(=O)C(C)NS(=O)(=O)c1ccc(Br)c(N)c1. The molecule has 1 aromatic rings. The summed E-state index contributed by atoms with van der Waals surface area (Å²) in [6.45, 7) is 1.46. The lowest BCUT2D eigenvalue weighted by Crippen LogP contribution is -2.43. The zero-order valence-corrected chi connectivity index (χ0v) is 12.3. The van der Waals surface area contributed by atoms with Crippen molar-refractivity contribution >= 4 is 37.5 Å². The summed E-state index contributed by atoms with van der Waals surface area (Å²) >= 11 is 3.18. The fraction of sp³-hybridized carbons (Fsp3) is 0.300. The molecule has 1 amide bonds. The Labute approximate surface area is 114 Å². The van der Waals surface area contributed by atoms with E-state index in [0.717, 1.165) is 0 Å². The molecule has 1 aromatic carbocycles. The molecule has 0 spiro atoms. The van der Waals surface area contributed by atoms with Crippen LogP contribution in [0.3, 0.4) is 0 Å². The van der Waals surface area contributed by atoms with E-state index in [2.05, 4.69) is 26.0 Å². The van der Waals surface area contributed by atoms with Gasteiger partial charge >= 0.3 is 0 Å². The molecule has 0 bridgehead atoms. The molecule has 8 heteroatoms. The van der Waals surface area contributed by atoms with Crippen LogP contribution in [0.5, 0.6) is 0 Å². The monoisotopic (exact) mass is 335 g/mol. The molecule has 1 rings (SSSR count). The maximum atomic E-state index is 12.0. The number of halogens is 1. The van der Waals surface area contributed by atoms with Crippen molar-refractivity contribution in [2.24, 2.45) is 0 Å². The first kappa shape index (κ1) is 14.9. The minimum Gasteiger partial charge on any atom is -0.398 e. The summed E-state index contributed by atoms with van der Waals surface area (Å²) in [4.78, 5) is 11.3. The second kappa shape index (κ2) is 5.68. The molecule has 0 heterocycles. The highest BCUT2D eigenvalue weighted by atomic mass is 79.9. The molecule has 1 atom stereocenters. The number of sulfonamides is 1. The number of carbonyl (C=O) groups excluding carboxylic acids is 1.